The van der Waals surface area contributed by atoms with Crippen LogP contribution in [-0.2, 0) is 14.8 Å². The first kappa shape index (κ1) is 18.3. The predicted molar refractivity (Wildman–Crippen MR) is 106 cm³/mol. The number of carbonyl (C=O) groups is 1. The molecule has 1 aliphatic rings. The minimum Gasteiger partial charge on any atom is -0.325 e. The van der Waals surface area contributed by atoms with Crippen LogP contribution in [0.4, 0.5) is 11.4 Å². The summed E-state index contributed by atoms with van der Waals surface area (Å²) in [5, 5.41) is 2.83. The molecule has 0 saturated carbocycles. The standard InChI is InChI=1S/C17H17BrN2O3S2/c18-13-2-8-16(9-3-13)24-12-17(21)19-14-4-6-15(7-5-14)20-10-1-11-25(20,22)23/h2-9H,1,10-12H2,(H,19,21). The highest BCUT2D eigenvalue weighted by atomic mass is 79.9. The lowest BCUT2D eigenvalue weighted by molar-refractivity contribution is -0.113. The number of halogens is 1. The lowest BCUT2D eigenvalue weighted by atomic mass is 10.2. The number of carbonyl (C=O) groups excluding carboxylic acids is 1. The molecule has 1 saturated heterocycles. The largest absolute Gasteiger partial charge is 0.325 e. The zero-order valence-electron chi connectivity index (χ0n) is 13.3. The zero-order chi connectivity index (χ0) is 17.9. The Labute approximate surface area is 160 Å². The maximum absolute atomic E-state index is 12.0. The smallest absolute Gasteiger partial charge is 0.235 e. The van der Waals surface area contributed by atoms with Crippen LogP contribution in [0, 0.1) is 0 Å². The molecule has 3 rings (SSSR count). The summed E-state index contributed by atoms with van der Waals surface area (Å²) in [6.07, 6.45) is 0.647. The van der Waals surface area contributed by atoms with Gasteiger partial charge in [-0.3, -0.25) is 9.10 Å². The van der Waals surface area contributed by atoms with Gasteiger partial charge in [0.05, 0.1) is 17.2 Å². The summed E-state index contributed by atoms with van der Waals surface area (Å²) in [6, 6.07) is 14.7. The normalized spacial score (nSPS) is 16.0. The molecule has 25 heavy (non-hydrogen) atoms. The van der Waals surface area contributed by atoms with Crippen LogP contribution in [0.15, 0.2) is 57.9 Å². The van der Waals surface area contributed by atoms with E-state index in [9.17, 15) is 13.2 Å². The third-order valence-electron chi connectivity index (χ3n) is 3.72. The summed E-state index contributed by atoms with van der Waals surface area (Å²) in [7, 11) is -3.18. The number of hydrogen-bond acceptors (Lipinski definition) is 4. The van der Waals surface area contributed by atoms with E-state index < -0.39 is 10.0 Å². The first-order valence-electron chi connectivity index (χ1n) is 7.73. The van der Waals surface area contributed by atoms with E-state index in [2.05, 4.69) is 21.2 Å². The van der Waals surface area contributed by atoms with Gasteiger partial charge in [-0.2, -0.15) is 0 Å². The van der Waals surface area contributed by atoms with Crippen molar-refractivity contribution in [1.29, 1.82) is 0 Å². The summed E-state index contributed by atoms with van der Waals surface area (Å²) >= 11 is 4.84. The van der Waals surface area contributed by atoms with Crippen LogP contribution in [0.5, 0.6) is 0 Å². The number of thioether (sulfide) groups is 1. The number of nitrogens with zero attached hydrogens (tertiary/aromatic N) is 1. The average molecular weight is 441 g/mol. The molecule has 2 aromatic rings. The van der Waals surface area contributed by atoms with E-state index in [4.69, 9.17) is 0 Å². The lowest BCUT2D eigenvalue weighted by Gasteiger charge is -2.17. The molecule has 1 heterocycles. The summed E-state index contributed by atoms with van der Waals surface area (Å²) in [6.45, 7) is 0.512. The van der Waals surface area contributed by atoms with Gasteiger partial charge in [0, 0.05) is 21.6 Å². The van der Waals surface area contributed by atoms with Gasteiger partial charge < -0.3 is 5.32 Å². The second kappa shape index (κ2) is 7.80. The molecule has 2 aromatic carbocycles. The van der Waals surface area contributed by atoms with Gasteiger partial charge >= 0.3 is 0 Å². The molecule has 0 bridgehead atoms. The van der Waals surface area contributed by atoms with Crippen molar-refractivity contribution < 1.29 is 13.2 Å². The monoisotopic (exact) mass is 440 g/mol. The molecule has 1 N–H and O–H groups in total. The van der Waals surface area contributed by atoms with E-state index in [1.165, 1.54) is 16.1 Å². The third-order valence-corrected chi connectivity index (χ3v) is 7.13. The number of amides is 1. The van der Waals surface area contributed by atoms with Gasteiger partial charge in [-0.05, 0) is 55.0 Å². The Bertz CT molecular complexity index is 852. The van der Waals surface area contributed by atoms with Crippen molar-refractivity contribution in [3.63, 3.8) is 0 Å². The van der Waals surface area contributed by atoms with E-state index in [0.29, 0.717) is 30.1 Å². The number of rotatable bonds is 5. The zero-order valence-corrected chi connectivity index (χ0v) is 16.5. The van der Waals surface area contributed by atoms with Gasteiger partial charge in [0.1, 0.15) is 0 Å². The molecule has 1 fully saturated rings. The summed E-state index contributed by atoms with van der Waals surface area (Å²) < 4.78 is 26.3. The van der Waals surface area contributed by atoms with Gasteiger partial charge in [0.2, 0.25) is 15.9 Å². The predicted octanol–water partition coefficient (Wildman–Crippen LogP) is 3.72. The third kappa shape index (κ3) is 4.77. The Morgan fingerprint density at radius 2 is 1.80 bits per heavy atom. The first-order valence-corrected chi connectivity index (χ1v) is 11.1. The van der Waals surface area contributed by atoms with Crippen molar-refractivity contribution >= 4 is 55.0 Å². The molecule has 132 valence electrons. The average Bonchev–Trinajstić information content (AvgIpc) is 2.94. The fourth-order valence-corrected chi connectivity index (χ4v) is 5.04. The summed E-state index contributed by atoms with van der Waals surface area (Å²) in [4.78, 5) is 13.1. The maximum atomic E-state index is 12.0. The van der Waals surface area contributed by atoms with Gasteiger partial charge in [0.25, 0.3) is 0 Å². The number of sulfonamides is 1. The highest BCUT2D eigenvalue weighted by Gasteiger charge is 2.28. The van der Waals surface area contributed by atoms with Crippen molar-refractivity contribution in [3.05, 3.63) is 53.0 Å². The Hall–Kier alpha value is -1.51. The summed E-state index contributed by atoms with van der Waals surface area (Å²) in [5.41, 5.74) is 1.29. The van der Waals surface area contributed by atoms with Crippen molar-refractivity contribution in [2.45, 2.75) is 11.3 Å². The van der Waals surface area contributed by atoms with E-state index in [-0.39, 0.29) is 11.7 Å². The highest BCUT2D eigenvalue weighted by Crippen LogP contribution is 2.25. The van der Waals surface area contributed by atoms with Crippen LogP contribution in [0.3, 0.4) is 0 Å². The molecular formula is C17H17BrN2O3S2. The Morgan fingerprint density at radius 1 is 1.12 bits per heavy atom. The van der Waals surface area contributed by atoms with Gasteiger partial charge in [0.15, 0.2) is 0 Å². The molecule has 0 radical (unpaired) electrons. The van der Waals surface area contributed by atoms with Crippen LogP contribution in [-0.4, -0.2) is 32.4 Å². The Balaban J connectivity index is 1.56. The van der Waals surface area contributed by atoms with Crippen molar-refractivity contribution in [1.82, 2.24) is 0 Å². The number of nitrogens with one attached hydrogen (secondary N) is 1. The lowest BCUT2D eigenvalue weighted by Crippen LogP contribution is -2.25. The van der Waals surface area contributed by atoms with Gasteiger partial charge in [-0.15, -0.1) is 11.8 Å². The van der Waals surface area contributed by atoms with Crippen LogP contribution in [0.25, 0.3) is 0 Å². The van der Waals surface area contributed by atoms with E-state index in [1.807, 2.05) is 24.3 Å². The highest BCUT2D eigenvalue weighted by molar-refractivity contribution is 9.10. The topological polar surface area (TPSA) is 66.5 Å². The van der Waals surface area contributed by atoms with Crippen molar-refractivity contribution in [2.24, 2.45) is 0 Å². The van der Waals surface area contributed by atoms with Crippen LogP contribution >= 0.6 is 27.7 Å². The molecule has 5 nitrogen and oxygen atoms in total. The molecule has 0 spiro atoms. The molecule has 8 heteroatoms. The van der Waals surface area contributed by atoms with E-state index in [0.717, 1.165) is 9.37 Å². The van der Waals surface area contributed by atoms with Crippen molar-refractivity contribution in [3.8, 4) is 0 Å². The molecule has 0 aromatic heterocycles. The minimum absolute atomic E-state index is 0.102. The SMILES string of the molecule is O=C(CSc1ccc(Br)cc1)Nc1ccc(N2CCCS2(=O)=O)cc1. The Morgan fingerprint density at radius 3 is 2.40 bits per heavy atom. The number of hydrogen-bond donors (Lipinski definition) is 1. The minimum atomic E-state index is -3.18. The molecule has 0 unspecified atom stereocenters. The molecule has 0 atom stereocenters. The Kier molecular flexibility index (Phi) is 5.71. The number of anilines is 2. The number of benzene rings is 2. The van der Waals surface area contributed by atoms with Crippen LogP contribution in [0.1, 0.15) is 6.42 Å². The molecule has 1 aliphatic heterocycles. The fraction of sp³-hybridized carbons (Fsp3) is 0.235. The van der Waals surface area contributed by atoms with E-state index >= 15 is 0 Å². The van der Waals surface area contributed by atoms with Crippen molar-refractivity contribution in [2.75, 3.05) is 27.7 Å². The fourth-order valence-electron chi connectivity index (χ4n) is 2.52. The van der Waals surface area contributed by atoms with Gasteiger partial charge in [-0.25, -0.2) is 8.42 Å². The second-order valence-electron chi connectivity index (χ2n) is 5.58. The maximum Gasteiger partial charge on any atom is 0.235 e. The molecular weight excluding hydrogens is 424 g/mol. The summed E-state index contributed by atoms with van der Waals surface area (Å²) in [5.74, 6) is 0.400. The second-order valence-corrected chi connectivity index (χ2v) is 9.56. The quantitative estimate of drug-likeness (QED) is 0.719. The van der Waals surface area contributed by atoms with Crippen LogP contribution in [0.2, 0.25) is 0 Å². The molecule has 0 aliphatic carbocycles. The van der Waals surface area contributed by atoms with Crippen LogP contribution < -0.4 is 9.62 Å². The molecule has 1 amide bonds. The van der Waals surface area contributed by atoms with Gasteiger partial charge in [-0.1, -0.05) is 15.9 Å². The first-order chi connectivity index (χ1) is 11.9. The van der Waals surface area contributed by atoms with E-state index in [1.54, 1.807) is 24.3 Å².